The topological polar surface area (TPSA) is 111 Å². The molecule has 0 N–H and O–H groups in total. The number of hydrazone groups is 1. The van der Waals surface area contributed by atoms with Gasteiger partial charge in [0.15, 0.2) is 0 Å². The van der Waals surface area contributed by atoms with E-state index in [0.29, 0.717) is 10.7 Å². The molecule has 0 fully saturated rings. The van der Waals surface area contributed by atoms with Crippen LogP contribution in [0.25, 0.3) is 0 Å². The molecule has 7 heteroatoms. The van der Waals surface area contributed by atoms with Gasteiger partial charge in [0, 0.05) is 5.02 Å². The molecule has 0 spiro atoms. The van der Waals surface area contributed by atoms with E-state index in [9.17, 15) is 0 Å². The molecule has 0 aliphatic rings. The Bertz CT molecular complexity index is 662. The first-order chi connectivity index (χ1) is 9.64. The summed E-state index contributed by atoms with van der Waals surface area (Å²) in [5, 5.41) is 40.2. The van der Waals surface area contributed by atoms with E-state index in [4.69, 9.17) is 32.6 Å². The van der Waals surface area contributed by atoms with E-state index in [1.165, 1.54) is 6.07 Å². The van der Waals surface area contributed by atoms with Gasteiger partial charge in [-0.3, -0.25) is 0 Å². The highest BCUT2D eigenvalue weighted by molar-refractivity contribution is 6.30. The molecule has 0 aliphatic heterocycles. The van der Waals surface area contributed by atoms with Crippen LogP contribution in [0.1, 0.15) is 0 Å². The van der Waals surface area contributed by atoms with Crippen molar-refractivity contribution in [3.8, 4) is 24.3 Å². The first-order valence-electron chi connectivity index (χ1n) is 5.10. The van der Waals surface area contributed by atoms with Crippen molar-refractivity contribution in [3.05, 3.63) is 41.1 Å². The van der Waals surface area contributed by atoms with E-state index in [1.807, 2.05) is 0 Å². The molecule has 1 aromatic rings. The highest BCUT2D eigenvalue weighted by Crippen LogP contribution is 2.21. The molecule has 1 rings (SSSR count). The fourth-order valence-corrected chi connectivity index (χ4v) is 1.35. The maximum Gasteiger partial charge on any atom is 0.237 e. The van der Waals surface area contributed by atoms with Crippen LogP contribution in [0.5, 0.6) is 0 Å². The van der Waals surface area contributed by atoms with Gasteiger partial charge in [0.25, 0.3) is 0 Å². The number of rotatable bonds is 3. The van der Waals surface area contributed by atoms with Crippen LogP contribution in [0, 0.1) is 45.3 Å². The Morgan fingerprint density at radius 2 is 1.75 bits per heavy atom. The first kappa shape index (κ1) is 14.7. The van der Waals surface area contributed by atoms with Crippen LogP contribution in [0.4, 0.5) is 5.69 Å². The van der Waals surface area contributed by atoms with Crippen molar-refractivity contribution < 1.29 is 0 Å². The first-order valence-corrected chi connectivity index (χ1v) is 5.48. The minimum absolute atomic E-state index is 0.232. The van der Waals surface area contributed by atoms with E-state index in [-0.39, 0.29) is 5.57 Å². The second-order valence-corrected chi connectivity index (χ2v) is 3.70. The Kier molecular flexibility index (Phi) is 5.30. The number of allylic oxidation sites excluding steroid dienone is 1. The second-order valence-electron chi connectivity index (χ2n) is 3.26. The molecule has 0 saturated heterocycles. The quantitative estimate of drug-likeness (QED) is 0.480. The molecule has 0 saturated carbocycles. The van der Waals surface area contributed by atoms with Gasteiger partial charge in [0.05, 0.1) is 11.9 Å². The van der Waals surface area contributed by atoms with Gasteiger partial charge in [0.2, 0.25) is 5.71 Å². The minimum atomic E-state index is -0.420. The lowest BCUT2D eigenvalue weighted by Crippen LogP contribution is -2.11. The van der Waals surface area contributed by atoms with Gasteiger partial charge < -0.3 is 0 Å². The van der Waals surface area contributed by atoms with E-state index >= 15 is 0 Å². The smallest absolute Gasteiger partial charge is 0.237 e. The summed E-state index contributed by atoms with van der Waals surface area (Å²) in [6, 6.07) is 12.9. The number of hydrogen-bond acceptors (Lipinski definition) is 6. The molecule has 6 nitrogen and oxygen atoms in total. The van der Waals surface area contributed by atoms with Gasteiger partial charge in [-0.2, -0.15) is 21.0 Å². The Labute approximate surface area is 120 Å². The Morgan fingerprint density at radius 1 is 1.10 bits per heavy atom. The average molecular weight is 281 g/mol. The van der Waals surface area contributed by atoms with Crippen LogP contribution in [-0.4, -0.2) is 5.71 Å². The molecule has 0 aromatic heterocycles. The van der Waals surface area contributed by atoms with Crippen molar-refractivity contribution in [1.29, 1.82) is 21.0 Å². The normalized spacial score (nSPS) is 8.05. The summed E-state index contributed by atoms with van der Waals surface area (Å²) in [5.41, 5.74) is -0.246. The van der Waals surface area contributed by atoms with Gasteiger partial charge in [-0.25, -0.2) is 5.01 Å². The van der Waals surface area contributed by atoms with Crippen molar-refractivity contribution in [3.63, 3.8) is 0 Å². The molecule has 0 radical (unpaired) electrons. The Hall–Kier alpha value is -3.32. The molecule has 94 valence electrons. The lowest BCUT2D eigenvalue weighted by molar-refractivity contribution is 1.07. The lowest BCUT2D eigenvalue weighted by Gasteiger charge is -2.14. The maximum absolute atomic E-state index is 8.75. The zero-order valence-corrected chi connectivity index (χ0v) is 10.7. The zero-order chi connectivity index (χ0) is 15.0. The molecule has 0 atom stereocenters. The number of nitriles is 4. The third-order valence-electron chi connectivity index (χ3n) is 1.98. The van der Waals surface area contributed by atoms with Crippen molar-refractivity contribution >= 4 is 23.0 Å². The van der Waals surface area contributed by atoms with Crippen molar-refractivity contribution in [2.45, 2.75) is 0 Å². The molecule has 1 aromatic carbocycles. The summed E-state index contributed by atoms with van der Waals surface area (Å²) in [7, 11) is 0. The SMILES string of the molecule is N#CC(C#N)=CN(N=C(C#N)C#N)c1cccc(Cl)c1. The van der Waals surface area contributed by atoms with Gasteiger partial charge in [-0.15, -0.1) is 5.10 Å². The van der Waals surface area contributed by atoms with E-state index in [0.717, 1.165) is 11.2 Å². The Balaban J connectivity index is 3.38. The highest BCUT2D eigenvalue weighted by Gasteiger charge is 2.07. The van der Waals surface area contributed by atoms with Crippen LogP contribution >= 0.6 is 11.6 Å². The third kappa shape index (κ3) is 3.86. The Morgan fingerprint density at radius 3 is 2.25 bits per heavy atom. The van der Waals surface area contributed by atoms with Gasteiger partial charge in [-0.05, 0) is 18.2 Å². The number of halogens is 1. The van der Waals surface area contributed by atoms with Gasteiger partial charge in [-0.1, -0.05) is 17.7 Å². The van der Waals surface area contributed by atoms with Gasteiger partial charge >= 0.3 is 0 Å². The van der Waals surface area contributed by atoms with E-state index in [1.54, 1.807) is 42.5 Å². The summed E-state index contributed by atoms with van der Waals surface area (Å²) in [5.74, 6) is 0. The summed E-state index contributed by atoms with van der Waals surface area (Å²) >= 11 is 5.84. The van der Waals surface area contributed by atoms with Crippen molar-refractivity contribution in [2.75, 3.05) is 5.01 Å². The van der Waals surface area contributed by atoms with E-state index < -0.39 is 5.71 Å². The predicted octanol–water partition coefficient (Wildman–Crippen LogP) is 2.48. The van der Waals surface area contributed by atoms with Crippen LogP contribution in [0.3, 0.4) is 0 Å². The lowest BCUT2D eigenvalue weighted by atomic mass is 10.3. The molecular weight excluding hydrogens is 276 g/mol. The minimum Gasteiger partial charge on any atom is -0.237 e. The summed E-state index contributed by atoms with van der Waals surface area (Å²) in [6.07, 6.45) is 1.11. The number of benzene rings is 1. The van der Waals surface area contributed by atoms with Crippen LogP contribution in [-0.2, 0) is 0 Å². The zero-order valence-electron chi connectivity index (χ0n) is 9.95. The standard InChI is InChI=1S/C13H5ClN6/c14-11-2-1-3-13(4-11)20(9-10(5-15)6-16)19-12(7-17)8-18/h1-4,9H. The highest BCUT2D eigenvalue weighted by atomic mass is 35.5. The summed E-state index contributed by atoms with van der Waals surface area (Å²) in [4.78, 5) is 0. The van der Waals surface area contributed by atoms with Crippen molar-refractivity contribution in [2.24, 2.45) is 5.10 Å². The predicted molar refractivity (Wildman–Crippen MR) is 71.9 cm³/mol. The molecular formula is C13H5ClN6. The summed E-state index contributed by atoms with van der Waals surface area (Å²) in [6.45, 7) is 0. The van der Waals surface area contributed by atoms with Crippen LogP contribution in [0.2, 0.25) is 5.02 Å². The van der Waals surface area contributed by atoms with E-state index in [2.05, 4.69) is 5.10 Å². The van der Waals surface area contributed by atoms with Gasteiger partial charge in [0.1, 0.15) is 29.8 Å². The largest absolute Gasteiger partial charge is 0.237 e. The number of anilines is 1. The number of nitrogens with zero attached hydrogens (tertiary/aromatic N) is 6. The average Bonchev–Trinajstić information content (AvgIpc) is 2.48. The molecule has 20 heavy (non-hydrogen) atoms. The van der Waals surface area contributed by atoms with Crippen LogP contribution < -0.4 is 5.01 Å². The van der Waals surface area contributed by atoms with Crippen molar-refractivity contribution in [1.82, 2.24) is 0 Å². The molecule has 0 unspecified atom stereocenters. The fourth-order valence-electron chi connectivity index (χ4n) is 1.16. The summed E-state index contributed by atoms with van der Waals surface area (Å²) < 4.78 is 0. The van der Waals surface area contributed by atoms with Crippen LogP contribution in [0.15, 0.2) is 41.1 Å². The molecule has 0 aliphatic carbocycles. The molecule has 0 heterocycles. The molecule has 0 bridgehead atoms. The second kappa shape index (κ2) is 7.19. The fraction of sp³-hybridized carbons (Fsp3) is 0. The maximum atomic E-state index is 8.75. The third-order valence-corrected chi connectivity index (χ3v) is 2.22. The number of hydrogen-bond donors (Lipinski definition) is 0. The molecule has 0 amide bonds. The monoisotopic (exact) mass is 280 g/mol.